The van der Waals surface area contributed by atoms with Crippen LogP contribution < -0.4 is 4.74 Å². The lowest BCUT2D eigenvalue weighted by Gasteiger charge is -2.21. The molecule has 2 aromatic carbocycles. The highest BCUT2D eigenvalue weighted by Crippen LogP contribution is 2.29. The number of aromatic nitrogens is 4. The predicted octanol–water partition coefficient (Wildman–Crippen LogP) is 3.99. The summed E-state index contributed by atoms with van der Waals surface area (Å²) in [6, 6.07) is 13.9. The van der Waals surface area contributed by atoms with Crippen molar-refractivity contribution in [2.75, 3.05) is 13.7 Å². The number of carbonyl (C=O) groups excluding carboxylic acids is 1. The van der Waals surface area contributed by atoms with E-state index in [0.717, 1.165) is 41.5 Å². The number of fused-ring (bicyclic) bond motifs is 1. The summed E-state index contributed by atoms with van der Waals surface area (Å²) in [7, 11) is 1.62. The highest BCUT2D eigenvalue weighted by molar-refractivity contribution is 5.95. The quantitative estimate of drug-likeness (QED) is 0.535. The first-order valence-corrected chi connectivity index (χ1v) is 10.5. The molecule has 0 radical (unpaired) electrons. The number of amides is 1. The molecule has 0 aliphatic carbocycles. The summed E-state index contributed by atoms with van der Waals surface area (Å²) in [4.78, 5) is 15.1. The standard InChI is InChI=1S/C24H25N5O2/c1-16-8-17(14-28(16)24(30)19-4-3-5-22(10-19)31-2)15-29-23-7-6-18(9-20(23)13-27-29)21-11-25-26-12-21/h3-7,9-13,16-17H,8,14-15H2,1-2H3,(H,25,26)/t16-,17-/m1/s1. The van der Waals surface area contributed by atoms with Crippen LogP contribution in [0, 0.1) is 5.92 Å². The van der Waals surface area contributed by atoms with Crippen LogP contribution in [0.2, 0.25) is 0 Å². The number of H-pyrrole nitrogens is 1. The number of rotatable bonds is 5. The monoisotopic (exact) mass is 415 g/mol. The minimum atomic E-state index is 0.0592. The first-order chi connectivity index (χ1) is 15.1. The maximum atomic E-state index is 13.1. The van der Waals surface area contributed by atoms with E-state index in [1.165, 1.54) is 0 Å². The van der Waals surface area contributed by atoms with Crippen LogP contribution in [0.5, 0.6) is 5.75 Å². The van der Waals surface area contributed by atoms with Gasteiger partial charge in [-0.3, -0.25) is 14.6 Å². The minimum absolute atomic E-state index is 0.0592. The highest BCUT2D eigenvalue weighted by atomic mass is 16.5. The summed E-state index contributed by atoms with van der Waals surface area (Å²) >= 11 is 0. The maximum Gasteiger partial charge on any atom is 0.254 e. The summed E-state index contributed by atoms with van der Waals surface area (Å²) < 4.78 is 7.33. The van der Waals surface area contributed by atoms with Gasteiger partial charge in [0.2, 0.25) is 0 Å². The van der Waals surface area contributed by atoms with Gasteiger partial charge in [-0.1, -0.05) is 12.1 Å². The highest BCUT2D eigenvalue weighted by Gasteiger charge is 2.33. The van der Waals surface area contributed by atoms with E-state index in [2.05, 4.69) is 45.1 Å². The third-order valence-corrected chi connectivity index (χ3v) is 6.14. The fourth-order valence-corrected chi connectivity index (χ4v) is 4.55. The Kier molecular flexibility index (Phi) is 4.94. The molecule has 31 heavy (non-hydrogen) atoms. The zero-order chi connectivity index (χ0) is 21.4. The molecule has 1 saturated heterocycles. The Hall–Kier alpha value is -3.61. The summed E-state index contributed by atoms with van der Waals surface area (Å²) in [5.74, 6) is 1.12. The van der Waals surface area contributed by atoms with Crippen LogP contribution in [0.4, 0.5) is 0 Å². The lowest BCUT2D eigenvalue weighted by Crippen LogP contribution is -2.34. The topological polar surface area (TPSA) is 76.0 Å². The molecule has 1 aliphatic heterocycles. The van der Waals surface area contributed by atoms with Crippen LogP contribution >= 0.6 is 0 Å². The average Bonchev–Trinajstić information content (AvgIpc) is 3.54. The number of nitrogens with zero attached hydrogens (tertiary/aromatic N) is 4. The van der Waals surface area contributed by atoms with Crippen molar-refractivity contribution < 1.29 is 9.53 Å². The summed E-state index contributed by atoms with van der Waals surface area (Å²) in [6.45, 7) is 3.64. The number of hydrogen-bond donors (Lipinski definition) is 1. The Labute approximate surface area is 180 Å². The van der Waals surface area contributed by atoms with Crippen LogP contribution in [0.15, 0.2) is 61.1 Å². The van der Waals surface area contributed by atoms with Gasteiger partial charge in [0.05, 0.1) is 25.0 Å². The molecular weight excluding hydrogens is 390 g/mol. The predicted molar refractivity (Wildman–Crippen MR) is 119 cm³/mol. The van der Waals surface area contributed by atoms with Crippen molar-refractivity contribution in [3.63, 3.8) is 0 Å². The van der Waals surface area contributed by atoms with Gasteiger partial charge in [-0.15, -0.1) is 0 Å². The Balaban J connectivity index is 1.32. The van der Waals surface area contributed by atoms with Gasteiger partial charge in [-0.05, 0) is 55.2 Å². The minimum Gasteiger partial charge on any atom is -0.497 e. The molecule has 1 aliphatic rings. The van der Waals surface area contributed by atoms with Gasteiger partial charge in [0, 0.05) is 41.8 Å². The number of aromatic amines is 1. The number of carbonyl (C=O) groups is 1. The smallest absolute Gasteiger partial charge is 0.254 e. The molecule has 0 bridgehead atoms. The molecule has 4 aromatic rings. The van der Waals surface area contributed by atoms with E-state index in [1.807, 2.05) is 41.7 Å². The second-order valence-electron chi connectivity index (χ2n) is 8.23. The lowest BCUT2D eigenvalue weighted by atomic mass is 10.1. The van der Waals surface area contributed by atoms with Crippen LogP contribution in [0.3, 0.4) is 0 Å². The number of hydrogen-bond acceptors (Lipinski definition) is 4. The average molecular weight is 415 g/mol. The third-order valence-electron chi connectivity index (χ3n) is 6.14. The van der Waals surface area contributed by atoms with E-state index in [9.17, 15) is 4.79 Å². The van der Waals surface area contributed by atoms with Crippen LogP contribution in [0.1, 0.15) is 23.7 Å². The second kappa shape index (κ2) is 7.91. The van der Waals surface area contributed by atoms with Crippen molar-refractivity contribution in [1.82, 2.24) is 24.9 Å². The van der Waals surface area contributed by atoms with Crippen LogP contribution in [-0.4, -0.2) is 50.5 Å². The van der Waals surface area contributed by atoms with Gasteiger partial charge in [0.15, 0.2) is 0 Å². The molecule has 2 atom stereocenters. The lowest BCUT2D eigenvalue weighted by molar-refractivity contribution is 0.0741. The van der Waals surface area contributed by atoms with Gasteiger partial charge in [-0.25, -0.2) is 0 Å². The van der Waals surface area contributed by atoms with Gasteiger partial charge in [0.25, 0.3) is 5.91 Å². The molecule has 7 nitrogen and oxygen atoms in total. The van der Waals surface area contributed by atoms with E-state index in [0.29, 0.717) is 17.2 Å². The maximum absolute atomic E-state index is 13.1. The van der Waals surface area contributed by atoms with E-state index >= 15 is 0 Å². The number of benzene rings is 2. The number of ether oxygens (including phenoxy) is 1. The first-order valence-electron chi connectivity index (χ1n) is 10.5. The first kappa shape index (κ1) is 19.4. The molecule has 0 spiro atoms. The number of nitrogens with one attached hydrogen (secondary N) is 1. The Morgan fingerprint density at radius 2 is 2.10 bits per heavy atom. The van der Waals surface area contributed by atoms with Crippen LogP contribution in [-0.2, 0) is 6.54 Å². The second-order valence-corrected chi connectivity index (χ2v) is 8.23. The van der Waals surface area contributed by atoms with Gasteiger partial charge >= 0.3 is 0 Å². The summed E-state index contributed by atoms with van der Waals surface area (Å²) in [5.41, 5.74) is 3.96. The zero-order valence-electron chi connectivity index (χ0n) is 17.7. The fourth-order valence-electron chi connectivity index (χ4n) is 4.55. The normalized spacial score (nSPS) is 18.6. The van der Waals surface area contributed by atoms with E-state index < -0.39 is 0 Å². The molecule has 0 saturated carbocycles. The van der Waals surface area contributed by atoms with Crippen molar-refractivity contribution in [2.24, 2.45) is 5.92 Å². The van der Waals surface area contributed by atoms with E-state index in [4.69, 9.17) is 4.74 Å². The molecule has 1 amide bonds. The van der Waals surface area contributed by atoms with Crippen molar-refractivity contribution in [1.29, 1.82) is 0 Å². The number of likely N-dealkylation sites (tertiary alicyclic amines) is 1. The largest absolute Gasteiger partial charge is 0.497 e. The van der Waals surface area contributed by atoms with Crippen molar-refractivity contribution in [2.45, 2.75) is 25.9 Å². The van der Waals surface area contributed by atoms with Gasteiger partial charge < -0.3 is 9.64 Å². The number of methoxy groups -OCH3 is 1. The Morgan fingerprint density at radius 3 is 2.90 bits per heavy atom. The fraction of sp³-hybridized carbons (Fsp3) is 0.292. The van der Waals surface area contributed by atoms with Gasteiger partial charge in [0.1, 0.15) is 5.75 Å². The molecule has 3 heterocycles. The Bertz CT molecular complexity index is 1210. The molecular formula is C24H25N5O2. The van der Waals surface area contributed by atoms with Crippen molar-refractivity contribution in [3.8, 4) is 16.9 Å². The molecule has 1 fully saturated rings. The third kappa shape index (κ3) is 3.67. The molecule has 5 rings (SSSR count). The van der Waals surface area contributed by atoms with Crippen molar-refractivity contribution in [3.05, 3.63) is 66.6 Å². The summed E-state index contributed by atoms with van der Waals surface area (Å²) in [6.07, 6.45) is 6.58. The molecule has 1 N–H and O–H groups in total. The molecule has 7 heteroatoms. The van der Waals surface area contributed by atoms with E-state index in [1.54, 1.807) is 13.2 Å². The molecule has 0 unspecified atom stereocenters. The SMILES string of the molecule is COc1cccc(C(=O)N2C[C@H](Cn3ncc4cc(-c5cn[nH]c5)ccc43)C[C@H]2C)c1. The van der Waals surface area contributed by atoms with E-state index in [-0.39, 0.29) is 11.9 Å². The molecule has 2 aromatic heterocycles. The zero-order valence-corrected chi connectivity index (χ0v) is 17.7. The van der Waals surface area contributed by atoms with Crippen LogP contribution in [0.25, 0.3) is 22.0 Å². The Morgan fingerprint density at radius 1 is 1.19 bits per heavy atom. The van der Waals surface area contributed by atoms with Gasteiger partial charge in [-0.2, -0.15) is 10.2 Å². The summed E-state index contributed by atoms with van der Waals surface area (Å²) in [5, 5.41) is 12.6. The molecule has 158 valence electrons. The van der Waals surface area contributed by atoms with Crippen molar-refractivity contribution >= 4 is 16.8 Å².